The molecule has 1 aromatic heterocycles. The van der Waals surface area contributed by atoms with E-state index in [0.717, 1.165) is 35.9 Å². The molecule has 5 nitrogen and oxygen atoms in total. The van der Waals surface area contributed by atoms with E-state index in [0.29, 0.717) is 12.6 Å². The third-order valence-electron chi connectivity index (χ3n) is 4.44. The average Bonchev–Trinajstić information content (AvgIpc) is 3.07. The summed E-state index contributed by atoms with van der Waals surface area (Å²) in [5, 5.41) is 3.31. The first-order valence-electron chi connectivity index (χ1n) is 8.94. The van der Waals surface area contributed by atoms with Gasteiger partial charge in [0.25, 0.3) is 0 Å². The van der Waals surface area contributed by atoms with Crippen molar-refractivity contribution in [2.75, 3.05) is 23.4 Å². The van der Waals surface area contributed by atoms with Gasteiger partial charge < -0.3 is 15.0 Å². The Kier molecular flexibility index (Phi) is 4.44. The Morgan fingerprint density at radius 2 is 1.88 bits per heavy atom. The Bertz CT molecular complexity index is 925. The van der Waals surface area contributed by atoms with Crippen molar-refractivity contribution in [1.82, 2.24) is 9.97 Å². The van der Waals surface area contributed by atoms with Gasteiger partial charge in [-0.25, -0.2) is 4.98 Å². The molecule has 1 N–H and O–H groups in total. The summed E-state index contributed by atoms with van der Waals surface area (Å²) >= 11 is 0. The first kappa shape index (κ1) is 16.4. The van der Waals surface area contributed by atoms with Crippen molar-refractivity contribution < 1.29 is 4.74 Å². The molecule has 2 heterocycles. The van der Waals surface area contributed by atoms with Crippen molar-refractivity contribution in [2.45, 2.75) is 20.3 Å². The van der Waals surface area contributed by atoms with E-state index in [1.165, 1.54) is 11.3 Å². The number of nitrogens with zero attached hydrogens (tertiary/aromatic N) is 3. The summed E-state index contributed by atoms with van der Waals surface area (Å²) in [5.74, 6) is 2.29. The molecule has 132 valence electrons. The lowest BCUT2D eigenvalue weighted by Crippen LogP contribution is -2.16. The van der Waals surface area contributed by atoms with Crippen LogP contribution in [0.1, 0.15) is 18.2 Å². The first-order chi connectivity index (χ1) is 12.7. The standard InChI is InChI=1S/C21H22N4O/c1-3-26-19-11-7-5-9-17(19)23-21-22-15(2)14-20(24-21)25-13-12-16-8-4-6-10-18(16)25/h4-11,14H,3,12-13H2,1-2H3,(H,22,23,24). The normalized spacial score (nSPS) is 12.8. The maximum atomic E-state index is 5.69. The van der Waals surface area contributed by atoms with Crippen LogP contribution < -0.4 is 15.0 Å². The molecule has 0 spiro atoms. The van der Waals surface area contributed by atoms with Crippen LogP contribution in [0.15, 0.2) is 54.6 Å². The van der Waals surface area contributed by atoms with Crippen molar-refractivity contribution in [3.63, 3.8) is 0 Å². The fourth-order valence-corrected chi connectivity index (χ4v) is 3.29. The molecule has 0 saturated heterocycles. The second-order valence-corrected chi connectivity index (χ2v) is 6.28. The second kappa shape index (κ2) is 7.04. The Hall–Kier alpha value is -3.08. The van der Waals surface area contributed by atoms with Gasteiger partial charge in [0.2, 0.25) is 5.95 Å². The minimum Gasteiger partial charge on any atom is -0.492 e. The van der Waals surface area contributed by atoms with Gasteiger partial charge in [0, 0.05) is 24.0 Å². The lowest BCUT2D eigenvalue weighted by atomic mass is 10.2. The highest BCUT2D eigenvalue weighted by atomic mass is 16.5. The summed E-state index contributed by atoms with van der Waals surface area (Å²) in [6, 6.07) is 18.4. The molecule has 0 radical (unpaired) electrons. The monoisotopic (exact) mass is 346 g/mol. The van der Waals surface area contributed by atoms with Gasteiger partial charge in [-0.05, 0) is 44.0 Å². The molecular weight excluding hydrogens is 324 g/mol. The highest BCUT2D eigenvalue weighted by molar-refractivity contribution is 5.69. The molecule has 0 bridgehead atoms. The zero-order valence-corrected chi connectivity index (χ0v) is 15.1. The van der Waals surface area contributed by atoms with Crippen LogP contribution in [0, 0.1) is 6.92 Å². The van der Waals surface area contributed by atoms with Crippen molar-refractivity contribution >= 4 is 23.1 Å². The molecule has 0 amide bonds. The second-order valence-electron chi connectivity index (χ2n) is 6.28. The summed E-state index contributed by atoms with van der Waals surface area (Å²) in [7, 11) is 0. The summed E-state index contributed by atoms with van der Waals surface area (Å²) in [6.07, 6.45) is 1.04. The summed E-state index contributed by atoms with van der Waals surface area (Å²) < 4.78 is 5.69. The van der Waals surface area contributed by atoms with Crippen LogP contribution in [0.3, 0.4) is 0 Å². The van der Waals surface area contributed by atoms with E-state index < -0.39 is 0 Å². The quantitative estimate of drug-likeness (QED) is 0.730. The zero-order chi connectivity index (χ0) is 17.9. The predicted molar refractivity (Wildman–Crippen MR) is 105 cm³/mol. The number of anilines is 4. The van der Waals surface area contributed by atoms with Crippen LogP contribution in [0.2, 0.25) is 0 Å². The number of aromatic nitrogens is 2. The Balaban J connectivity index is 1.66. The molecule has 1 aliphatic heterocycles. The lowest BCUT2D eigenvalue weighted by molar-refractivity contribution is 0.342. The number of hydrogen-bond donors (Lipinski definition) is 1. The van der Waals surface area contributed by atoms with Gasteiger partial charge in [0.1, 0.15) is 11.6 Å². The van der Waals surface area contributed by atoms with Crippen molar-refractivity contribution in [1.29, 1.82) is 0 Å². The van der Waals surface area contributed by atoms with E-state index in [4.69, 9.17) is 9.72 Å². The molecule has 0 atom stereocenters. The van der Waals surface area contributed by atoms with Gasteiger partial charge in [0.05, 0.1) is 12.3 Å². The van der Waals surface area contributed by atoms with Crippen LogP contribution in [0.5, 0.6) is 5.75 Å². The third-order valence-corrected chi connectivity index (χ3v) is 4.44. The van der Waals surface area contributed by atoms with Gasteiger partial charge in [-0.3, -0.25) is 0 Å². The summed E-state index contributed by atoms with van der Waals surface area (Å²) in [4.78, 5) is 11.6. The minimum atomic E-state index is 0.580. The Morgan fingerprint density at radius 1 is 1.08 bits per heavy atom. The van der Waals surface area contributed by atoms with E-state index in [1.54, 1.807) is 0 Å². The maximum Gasteiger partial charge on any atom is 0.229 e. The number of rotatable bonds is 5. The van der Waals surface area contributed by atoms with Crippen molar-refractivity contribution in [2.24, 2.45) is 0 Å². The third kappa shape index (κ3) is 3.20. The fraction of sp³-hybridized carbons (Fsp3) is 0.238. The Morgan fingerprint density at radius 3 is 2.77 bits per heavy atom. The topological polar surface area (TPSA) is 50.3 Å². The number of benzene rings is 2. The van der Waals surface area contributed by atoms with E-state index in [2.05, 4.69) is 39.5 Å². The Labute approximate surface area is 153 Å². The molecule has 3 aromatic rings. The predicted octanol–water partition coefficient (Wildman–Crippen LogP) is 4.62. The maximum absolute atomic E-state index is 5.69. The molecule has 0 unspecified atom stereocenters. The van der Waals surface area contributed by atoms with E-state index in [1.807, 2.05) is 44.2 Å². The minimum absolute atomic E-state index is 0.580. The number of hydrogen-bond acceptors (Lipinski definition) is 5. The molecule has 0 fully saturated rings. The van der Waals surface area contributed by atoms with E-state index in [9.17, 15) is 0 Å². The number of aryl methyl sites for hydroxylation is 1. The molecule has 26 heavy (non-hydrogen) atoms. The molecule has 0 aliphatic carbocycles. The number of nitrogens with one attached hydrogen (secondary N) is 1. The van der Waals surface area contributed by atoms with Crippen LogP contribution in [0.4, 0.5) is 23.1 Å². The van der Waals surface area contributed by atoms with Gasteiger partial charge in [-0.2, -0.15) is 4.98 Å². The van der Waals surface area contributed by atoms with E-state index in [-0.39, 0.29) is 0 Å². The highest BCUT2D eigenvalue weighted by Crippen LogP contribution is 2.34. The van der Waals surface area contributed by atoms with Crippen LogP contribution in [-0.4, -0.2) is 23.1 Å². The van der Waals surface area contributed by atoms with Crippen LogP contribution in [0.25, 0.3) is 0 Å². The molecular formula is C21H22N4O. The van der Waals surface area contributed by atoms with Crippen molar-refractivity contribution in [3.05, 3.63) is 65.9 Å². The number of ether oxygens (including phenoxy) is 1. The first-order valence-corrected chi connectivity index (χ1v) is 8.94. The zero-order valence-electron chi connectivity index (χ0n) is 15.1. The van der Waals surface area contributed by atoms with Gasteiger partial charge in [-0.1, -0.05) is 30.3 Å². The van der Waals surface area contributed by atoms with Gasteiger partial charge in [-0.15, -0.1) is 0 Å². The van der Waals surface area contributed by atoms with Crippen molar-refractivity contribution in [3.8, 4) is 5.75 Å². The van der Waals surface area contributed by atoms with Crippen LogP contribution >= 0.6 is 0 Å². The molecule has 0 saturated carbocycles. The summed E-state index contributed by atoms with van der Waals surface area (Å²) in [5.41, 5.74) is 4.38. The SMILES string of the molecule is CCOc1ccccc1Nc1nc(C)cc(N2CCc3ccccc32)n1. The smallest absolute Gasteiger partial charge is 0.229 e. The average molecular weight is 346 g/mol. The number of para-hydroxylation sites is 3. The fourth-order valence-electron chi connectivity index (χ4n) is 3.29. The largest absolute Gasteiger partial charge is 0.492 e. The molecule has 2 aromatic carbocycles. The molecule has 4 rings (SSSR count). The summed E-state index contributed by atoms with van der Waals surface area (Å²) in [6.45, 7) is 5.52. The lowest BCUT2D eigenvalue weighted by Gasteiger charge is -2.20. The molecule has 1 aliphatic rings. The van der Waals surface area contributed by atoms with Gasteiger partial charge >= 0.3 is 0 Å². The van der Waals surface area contributed by atoms with Gasteiger partial charge in [0.15, 0.2) is 0 Å². The van der Waals surface area contributed by atoms with Crippen LogP contribution in [-0.2, 0) is 6.42 Å². The number of fused-ring (bicyclic) bond motifs is 1. The highest BCUT2D eigenvalue weighted by Gasteiger charge is 2.21. The van der Waals surface area contributed by atoms with E-state index >= 15 is 0 Å². The molecule has 5 heteroatoms.